The quantitative estimate of drug-likeness (QED) is 0.483. The monoisotopic (exact) mass is 348 g/mol. The number of ether oxygens (including phenoxy) is 4. The standard InChI is InChI=1S/C22H20O4/c1-23-14-24-19-10-6-5-9-18(19)22(16-7-3-2-4-8-16)17-11-12-20-21(13-17)26-15-25-20/h2-13,22H,14-15H2,1H3. The fourth-order valence-corrected chi connectivity index (χ4v) is 3.26. The molecule has 1 unspecified atom stereocenters. The zero-order chi connectivity index (χ0) is 17.8. The maximum absolute atomic E-state index is 5.82. The van der Waals surface area contributed by atoms with Gasteiger partial charge in [0.05, 0.1) is 0 Å². The van der Waals surface area contributed by atoms with Gasteiger partial charge in [-0.15, -0.1) is 0 Å². The molecule has 1 aliphatic rings. The first-order chi connectivity index (χ1) is 12.9. The molecule has 0 N–H and O–H groups in total. The molecule has 3 aromatic rings. The molecule has 1 atom stereocenters. The molecule has 0 aromatic heterocycles. The van der Waals surface area contributed by atoms with Crippen LogP contribution in [0.25, 0.3) is 0 Å². The molecule has 0 aliphatic carbocycles. The molecule has 0 bridgehead atoms. The van der Waals surface area contributed by atoms with Gasteiger partial charge < -0.3 is 18.9 Å². The van der Waals surface area contributed by atoms with Gasteiger partial charge in [-0.25, -0.2) is 0 Å². The first-order valence-corrected chi connectivity index (χ1v) is 8.52. The summed E-state index contributed by atoms with van der Waals surface area (Å²) in [6.45, 7) is 0.474. The van der Waals surface area contributed by atoms with Gasteiger partial charge in [-0.1, -0.05) is 54.6 Å². The van der Waals surface area contributed by atoms with Gasteiger partial charge >= 0.3 is 0 Å². The minimum atomic E-state index is 0.0127. The summed E-state index contributed by atoms with van der Waals surface area (Å²) >= 11 is 0. The van der Waals surface area contributed by atoms with Crippen LogP contribution in [0, 0.1) is 0 Å². The fourth-order valence-electron chi connectivity index (χ4n) is 3.26. The van der Waals surface area contributed by atoms with E-state index in [9.17, 15) is 0 Å². The van der Waals surface area contributed by atoms with Crippen molar-refractivity contribution < 1.29 is 18.9 Å². The van der Waals surface area contributed by atoms with E-state index in [4.69, 9.17) is 18.9 Å². The molecule has 132 valence electrons. The van der Waals surface area contributed by atoms with Crippen LogP contribution in [0.1, 0.15) is 22.6 Å². The van der Waals surface area contributed by atoms with Crippen molar-refractivity contribution in [1.82, 2.24) is 0 Å². The van der Waals surface area contributed by atoms with Crippen LogP contribution in [0.3, 0.4) is 0 Å². The van der Waals surface area contributed by atoms with Crippen molar-refractivity contribution in [2.75, 3.05) is 20.7 Å². The maximum atomic E-state index is 5.82. The molecule has 0 saturated heterocycles. The molecule has 0 radical (unpaired) electrons. The Morgan fingerprint density at radius 2 is 1.62 bits per heavy atom. The van der Waals surface area contributed by atoms with Crippen LogP contribution < -0.4 is 14.2 Å². The van der Waals surface area contributed by atoms with Crippen LogP contribution in [0.5, 0.6) is 17.2 Å². The number of hydrogen-bond acceptors (Lipinski definition) is 4. The van der Waals surface area contributed by atoms with Crippen molar-refractivity contribution in [2.24, 2.45) is 0 Å². The van der Waals surface area contributed by atoms with E-state index in [2.05, 4.69) is 24.3 Å². The summed E-state index contributed by atoms with van der Waals surface area (Å²) in [6.07, 6.45) is 0. The lowest BCUT2D eigenvalue weighted by molar-refractivity contribution is 0.0504. The summed E-state index contributed by atoms with van der Waals surface area (Å²) in [5.74, 6) is 2.38. The first kappa shape index (κ1) is 16.5. The summed E-state index contributed by atoms with van der Waals surface area (Å²) in [6, 6.07) is 24.5. The molecule has 0 amide bonds. The van der Waals surface area contributed by atoms with E-state index in [-0.39, 0.29) is 19.5 Å². The van der Waals surface area contributed by atoms with E-state index in [0.29, 0.717) is 0 Å². The average molecular weight is 348 g/mol. The summed E-state index contributed by atoms with van der Waals surface area (Å²) < 4.78 is 22.0. The first-order valence-electron chi connectivity index (χ1n) is 8.52. The Hall–Kier alpha value is -2.98. The second-order valence-corrected chi connectivity index (χ2v) is 6.05. The highest BCUT2D eigenvalue weighted by atomic mass is 16.7. The third kappa shape index (κ3) is 3.24. The molecule has 0 spiro atoms. The summed E-state index contributed by atoms with van der Waals surface area (Å²) in [5, 5.41) is 0. The molecule has 0 fully saturated rings. The number of rotatable bonds is 6. The van der Waals surface area contributed by atoms with Crippen molar-refractivity contribution in [3.63, 3.8) is 0 Å². The van der Waals surface area contributed by atoms with Crippen molar-refractivity contribution >= 4 is 0 Å². The molecule has 0 saturated carbocycles. The molecule has 26 heavy (non-hydrogen) atoms. The Balaban J connectivity index is 1.83. The number of fused-ring (bicyclic) bond motifs is 1. The summed E-state index contributed by atoms with van der Waals surface area (Å²) in [4.78, 5) is 0. The van der Waals surface area contributed by atoms with Gasteiger partial charge in [0.25, 0.3) is 0 Å². The zero-order valence-electron chi connectivity index (χ0n) is 14.6. The van der Waals surface area contributed by atoms with Gasteiger partial charge in [0.1, 0.15) is 5.75 Å². The second kappa shape index (κ2) is 7.50. The van der Waals surface area contributed by atoms with Crippen molar-refractivity contribution in [3.8, 4) is 17.2 Å². The van der Waals surface area contributed by atoms with E-state index in [1.165, 1.54) is 5.56 Å². The molecule has 4 heteroatoms. The fraction of sp³-hybridized carbons (Fsp3) is 0.182. The highest BCUT2D eigenvalue weighted by Crippen LogP contribution is 2.41. The smallest absolute Gasteiger partial charge is 0.231 e. The van der Waals surface area contributed by atoms with Gasteiger partial charge in [-0.3, -0.25) is 0 Å². The lowest BCUT2D eigenvalue weighted by Gasteiger charge is -2.22. The molecule has 1 aliphatic heterocycles. The van der Waals surface area contributed by atoms with Crippen LogP contribution in [0.2, 0.25) is 0 Å². The largest absolute Gasteiger partial charge is 0.467 e. The van der Waals surface area contributed by atoms with Gasteiger partial charge in [-0.05, 0) is 29.3 Å². The van der Waals surface area contributed by atoms with Crippen LogP contribution in [-0.4, -0.2) is 20.7 Å². The average Bonchev–Trinajstić information content (AvgIpc) is 3.16. The number of methoxy groups -OCH3 is 1. The molecule has 4 nitrogen and oxygen atoms in total. The van der Waals surface area contributed by atoms with Gasteiger partial charge in [0, 0.05) is 18.6 Å². The lowest BCUT2D eigenvalue weighted by atomic mass is 9.84. The molecule has 1 heterocycles. The second-order valence-electron chi connectivity index (χ2n) is 6.05. The predicted molar refractivity (Wildman–Crippen MR) is 98.9 cm³/mol. The Morgan fingerprint density at radius 3 is 2.46 bits per heavy atom. The van der Waals surface area contributed by atoms with Crippen LogP contribution in [0.4, 0.5) is 0 Å². The van der Waals surface area contributed by atoms with Crippen LogP contribution in [-0.2, 0) is 4.74 Å². The normalized spacial score (nSPS) is 13.4. The highest BCUT2D eigenvalue weighted by Gasteiger charge is 2.23. The summed E-state index contributed by atoms with van der Waals surface area (Å²) in [7, 11) is 1.62. The van der Waals surface area contributed by atoms with E-state index < -0.39 is 0 Å². The molecule has 3 aromatic carbocycles. The third-order valence-electron chi connectivity index (χ3n) is 4.43. The molecular formula is C22H20O4. The number of para-hydroxylation sites is 1. The van der Waals surface area contributed by atoms with E-state index in [1.807, 2.05) is 48.5 Å². The summed E-state index contributed by atoms with van der Waals surface area (Å²) in [5.41, 5.74) is 3.38. The topological polar surface area (TPSA) is 36.9 Å². The van der Waals surface area contributed by atoms with Crippen molar-refractivity contribution in [1.29, 1.82) is 0 Å². The minimum Gasteiger partial charge on any atom is -0.467 e. The Labute approximate surface area is 152 Å². The van der Waals surface area contributed by atoms with E-state index in [1.54, 1.807) is 7.11 Å². The minimum absolute atomic E-state index is 0.0127. The van der Waals surface area contributed by atoms with Gasteiger partial charge in [0.15, 0.2) is 18.3 Å². The van der Waals surface area contributed by atoms with Gasteiger partial charge in [-0.2, -0.15) is 0 Å². The van der Waals surface area contributed by atoms with Crippen molar-refractivity contribution in [2.45, 2.75) is 5.92 Å². The predicted octanol–water partition coefficient (Wildman–Crippen LogP) is 4.58. The lowest BCUT2D eigenvalue weighted by Crippen LogP contribution is -2.08. The van der Waals surface area contributed by atoms with Crippen LogP contribution >= 0.6 is 0 Å². The van der Waals surface area contributed by atoms with Gasteiger partial charge in [0.2, 0.25) is 6.79 Å². The SMILES string of the molecule is COCOc1ccccc1C(c1ccccc1)c1ccc2c(c1)OCO2. The van der Waals surface area contributed by atoms with Crippen LogP contribution in [0.15, 0.2) is 72.8 Å². The maximum Gasteiger partial charge on any atom is 0.231 e. The Morgan fingerprint density at radius 1 is 0.846 bits per heavy atom. The number of hydrogen-bond donors (Lipinski definition) is 0. The zero-order valence-corrected chi connectivity index (χ0v) is 14.6. The number of benzene rings is 3. The highest BCUT2D eigenvalue weighted by molar-refractivity contribution is 5.53. The Kier molecular flexibility index (Phi) is 4.75. The molecular weight excluding hydrogens is 328 g/mol. The van der Waals surface area contributed by atoms with E-state index in [0.717, 1.165) is 28.4 Å². The van der Waals surface area contributed by atoms with E-state index >= 15 is 0 Å². The Bertz CT molecular complexity index is 876. The third-order valence-corrected chi connectivity index (χ3v) is 4.43. The molecule has 4 rings (SSSR count). The van der Waals surface area contributed by atoms with Crippen molar-refractivity contribution in [3.05, 3.63) is 89.5 Å².